The molecule has 1 aliphatic rings. The van der Waals surface area contributed by atoms with Gasteiger partial charge >= 0.3 is 5.97 Å². The maximum Gasteiger partial charge on any atom is 0.326 e. The zero-order chi connectivity index (χ0) is 29.0. The predicted molar refractivity (Wildman–Crippen MR) is 145 cm³/mol. The lowest BCUT2D eigenvalue weighted by molar-refractivity contribution is -0.152. The van der Waals surface area contributed by atoms with Crippen LogP contribution in [0.3, 0.4) is 0 Å². The van der Waals surface area contributed by atoms with Crippen molar-refractivity contribution in [2.45, 2.75) is 58.1 Å². The quantitative estimate of drug-likeness (QED) is 0.343. The first-order valence-corrected chi connectivity index (χ1v) is 13.1. The van der Waals surface area contributed by atoms with Crippen LogP contribution in [0.2, 0.25) is 0 Å². The lowest BCUT2D eigenvalue weighted by atomic mass is 10.0. The summed E-state index contributed by atoms with van der Waals surface area (Å²) in [6.07, 6.45) is 4.07. The van der Waals surface area contributed by atoms with Crippen molar-refractivity contribution in [3.63, 3.8) is 0 Å². The molecule has 6 nitrogen and oxygen atoms in total. The van der Waals surface area contributed by atoms with Crippen molar-refractivity contribution in [2.24, 2.45) is 0 Å². The van der Waals surface area contributed by atoms with Gasteiger partial charge in [0.25, 0.3) is 11.8 Å². The number of halogens is 3. The monoisotopic (exact) mass is 552 g/mol. The van der Waals surface area contributed by atoms with Crippen molar-refractivity contribution < 1.29 is 32.3 Å². The molecule has 3 aromatic rings. The molecule has 0 unspecified atom stereocenters. The van der Waals surface area contributed by atoms with E-state index in [1.165, 1.54) is 6.07 Å². The average Bonchev–Trinajstić information content (AvgIpc) is 3.39. The highest BCUT2D eigenvalue weighted by Gasteiger charge is 2.29. The van der Waals surface area contributed by atoms with Crippen molar-refractivity contribution in [3.8, 4) is 11.1 Å². The Hall–Kier alpha value is -4.14. The van der Waals surface area contributed by atoms with Gasteiger partial charge in [-0.3, -0.25) is 19.3 Å². The van der Waals surface area contributed by atoms with E-state index in [1.54, 1.807) is 63.2 Å². The van der Waals surface area contributed by atoms with Crippen molar-refractivity contribution in [3.05, 3.63) is 89.2 Å². The highest BCUT2D eigenvalue weighted by atomic mass is 19.1. The Morgan fingerprint density at radius 1 is 0.900 bits per heavy atom. The van der Waals surface area contributed by atoms with Crippen LogP contribution in [0.4, 0.5) is 18.9 Å². The van der Waals surface area contributed by atoms with Crippen LogP contribution < -0.4 is 10.2 Å². The number of ether oxygens (including phenoxy) is 1. The summed E-state index contributed by atoms with van der Waals surface area (Å²) in [5, 5.41) is 3.05. The molecule has 1 N–H and O–H groups in total. The van der Waals surface area contributed by atoms with Gasteiger partial charge in [-0.25, -0.2) is 13.2 Å². The highest BCUT2D eigenvalue weighted by Crippen LogP contribution is 2.28. The zero-order valence-electron chi connectivity index (χ0n) is 22.6. The number of nitrogens with zero attached hydrogens (tertiary/aromatic N) is 1. The van der Waals surface area contributed by atoms with Gasteiger partial charge in [-0.15, -0.1) is 0 Å². The second kappa shape index (κ2) is 11.9. The third-order valence-corrected chi connectivity index (χ3v) is 6.48. The normalized spacial score (nSPS) is 13.7. The fraction of sp³-hybridized carbons (Fsp3) is 0.323. The van der Waals surface area contributed by atoms with Crippen molar-refractivity contribution >= 4 is 23.5 Å². The number of nitrogens with one attached hydrogen (secondary N) is 1. The minimum Gasteiger partial charge on any atom is -0.459 e. The molecule has 0 aromatic heterocycles. The van der Waals surface area contributed by atoms with E-state index >= 15 is 0 Å². The van der Waals surface area contributed by atoms with E-state index in [1.807, 2.05) is 0 Å². The van der Waals surface area contributed by atoms with E-state index < -0.39 is 47.0 Å². The van der Waals surface area contributed by atoms with Gasteiger partial charge in [-0.05, 0) is 69.0 Å². The fourth-order valence-corrected chi connectivity index (χ4v) is 4.70. The van der Waals surface area contributed by atoms with Crippen LogP contribution in [0.15, 0.2) is 60.7 Å². The summed E-state index contributed by atoms with van der Waals surface area (Å²) >= 11 is 0. The lowest BCUT2D eigenvalue weighted by Crippen LogP contribution is -2.39. The second-order valence-corrected chi connectivity index (χ2v) is 10.8. The Labute approximate surface area is 231 Å². The van der Waals surface area contributed by atoms with E-state index in [0.29, 0.717) is 28.8 Å². The van der Waals surface area contributed by atoms with E-state index in [2.05, 4.69) is 5.32 Å². The smallest absolute Gasteiger partial charge is 0.326 e. The fourth-order valence-electron chi connectivity index (χ4n) is 4.70. The lowest BCUT2D eigenvalue weighted by Gasteiger charge is -2.26. The molecule has 1 aliphatic carbocycles. The number of rotatable bonds is 7. The van der Waals surface area contributed by atoms with Gasteiger partial charge in [0.1, 0.15) is 35.2 Å². The van der Waals surface area contributed by atoms with Crippen LogP contribution in [0.25, 0.3) is 11.1 Å². The maximum absolute atomic E-state index is 14.6. The van der Waals surface area contributed by atoms with Gasteiger partial charge < -0.3 is 10.1 Å². The van der Waals surface area contributed by atoms with E-state index in [4.69, 9.17) is 4.74 Å². The molecule has 210 valence electrons. The van der Waals surface area contributed by atoms with Crippen molar-refractivity contribution in [1.82, 2.24) is 5.32 Å². The second-order valence-electron chi connectivity index (χ2n) is 10.8. The average molecular weight is 553 g/mol. The molecule has 0 radical (unpaired) electrons. The number of carbonyl (C=O) groups is 3. The molecule has 2 amide bonds. The summed E-state index contributed by atoms with van der Waals surface area (Å²) in [5.41, 5.74) is -0.00975. The standard InChI is InChI=1S/C31H31F3N2O4/c1-31(2,3)40-27(37)18-36(30(39)28-25(33)16-22(32)17-26(28)34)24-13-7-9-20(15-24)19-8-6-10-21(14-19)29(38)35-23-11-4-5-12-23/h6-10,13-17,23H,4-5,11-12,18H2,1-3H3,(H,35,38). The summed E-state index contributed by atoms with van der Waals surface area (Å²) < 4.78 is 48.0. The molecule has 0 bridgehead atoms. The van der Waals surface area contributed by atoms with Crippen LogP contribution >= 0.6 is 0 Å². The van der Waals surface area contributed by atoms with Crippen LogP contribution in [0, 0.1) is 17.5 Å². The van der Waals surface area contributed by atoms with E-state index in [0.717, 1.165) is 30.6 Å². The number of hydrogen-bond acceptors (Lipinski definition) is 4. The third-order valence-electron chi connectivity index (χ3n) is 6.48. The van der Waals surface area contributed by atoms with Crippen molar-refractivity contribution in [1.29, 1.82) is 0 Å². The van der Waals surface area contributed by atoms with Crippen LogP contribution in [0.5, 0.6) is 0 Å². The molecular formula is C31H31F3N2O4. The van der Waals surface area contributed by atoms with Gasteiger partial charge in [0.2, 0.25) is 0 Å². The van der Waals surface area contributed by atoms with E-state index in [9.17, 15) is 27.6 Å². The zero-order valence-corrected chi connectivity index (χ0v) is 22.6. The third kappa shape index (κ3) is 7.08. The molecule has 40 heavy (non-hydrogen) atoms. The Kier molecular flexibility index (Phi) is 8.61. The van der Waals surface area contributed by atoms with Gasteiger partial charge in [0.15, 0.2) is 0 Å². The summed E-state index contributed by atoms with van der Waals surface area (Å²) in [7, 11) is 0. The Morgan fingerprint density at radius 3 is 2.12 bits per heavy atom. The molecule has 9 heteroatoms. The summed E-state index contributed by atoms with van der Waals surface area (Å²) in [5.74, 6) is -6.14. The number of anilines is 1. The molecule has 0 spiro atoms. The maximum atomic E-state index is 14.6. The SMILES string of the molecule is CC(C)(C)OC(=O)CN(C(=O)c1c(F)cc(F)cc1F)c1cccc(-c2cccc(C(=O)NC3CCCC3)c2)c1. The number of benzene rings is 3. The number of esters is 1. The van der Waals surface area contributed by atoms with Crippen LogP contribution in [-0.4, -0.2) is 36.0 Å². The minimum atomic E-state index is -1.39. The molecule has 1 fully saturated rings. The first-order valence-electron chi connectivity index (χ1n) is 13.1. The minimum absolute atomic E-state index is 0.150. The highest BCUT2D eigenvalue weighted by molar-refractivity contribution is 6.09. The molecular weight excluding hydrogens is 521 g/mol. The molecule has 0 atom stereocenters. The number of carbonyl (C=O) groups excluding carboxylic acids is 3. The number of hydrogen-bond donors (Lipinski definition) is 1. The Bertz CT molecular complexity index is 1410. The summed E-state index contributed by atoms with van der Waals surface area (Å²) in [4.78, 5) is 39.8. The molecule has 0 aliphatic heterocycles. The van der Waals surface area contributed by atoms with Crippen molar-refractivity contribution in [2.75, 3.05) is 11.4 Å². The van der Waals surface area contributed by atoms with Gasteiger partial charge in [-0.2, -0.15) is 0 Å². The molecule has 0 saturated heterocycles. The summed E-state index contributed by atoms with van der Waals surface area (Å²) in [6.45, 7) is 4.28. The first kappa shape index (κ1) is 28.9. The number of amides is 2. The topological polar surface area (TPSA) is 75.7 Å². The van der Waals surface area contributed by atoms with Gasteiger partial charge in [0, 0.05) is 29.4 Å². The summed E-state index contributed by atoms with van der Waals surface area (Å²) in [6, 6.07) is 14.3. The molecule has 0 heterocycles. The Morgan fingerprint density at radius 2 is 1.50 bits per heavy atom. The predicted octanol–water partition coefficient (Wildman–Crippen LogP) is 6.43. The van der Waals surface area contributed by atoms with Crippen LogP contribution in [-0.2, 0) is 9.53 Å². The van der Waals surface area contributed by atoms with Gasteiger partial charge in [0.05, 0.1) is 0 Å². The first-order chi connectivity index (χ1) is 18.9. The van der Waals surface area contributed by atoms with Gasteiger partial charge in [-0.1, -0.05) is 37.1 Å². The Balaban J connectivity index is 1.68. The molecule has 4 rings (SSSR count). The largest absolute Gasteiger partial charge is 0.459 e. The van der Waals surface area contributed by atoms with Crippen LogP contribution in [0.1, 0.15) is 67.2 Å². The van der Waals surface area contributed by atoms with E-state index in [-0.39, 0.29) is 17.6 Å². The molecule has 3 aromatic carbocycles. The molecule has 1 saturated carbocycles.